The van der Waals surface area contributed by atoms with Gasteiger partial charge in [-0.2, -0.15) is 0 Å². The van der Waals surface area contributed by atoms with Crippen LogP contribution in [0.3, 0.4) is 0 Å². The highest BCUT2D eigenvalue weighted by Gasteiger charge is 2.28. The van der Waals surface area contributed by atoms with Crippen molar-refractivity contribution in [1.29, 1.82) is 0 Å². The molecule has 0 saturated heterocycles. The van der Waals surface area contributed by atoms with Crippen LogP contribution in [0, 0.1) is 11.8 Å². The van der Waals surface area contributed by atoms with E-state index in [1.165, 1.54) is 0 Å². The van der Waals surface area contributed by atoms with Crippen molar-refractivity contribution in [3.8, 4) is 0 Å². The number of amides is 1. The van der Waals surface area contributed by atoms with E-state index in [1.807, 2.05) is 103 Å². The number of hydrogen-bond acceptors (Lipinski definition) is 9. The normalized spacial score (nSPS) is 18.4. The van der Waals surface area contributed by atoms with Crippen LogP contribution < -0.4 is 28.3 Å². The summed E-state index contributed by atoms with van der Waals surface area (Å²) in [7, 11) is 0. The third-order valence-electron chi connectivity index (χ3n) is 11.9. The molecule has 63 heavy (non-hydrogen) atoms. The monoisotopic (exact) mass is 841 g/mol. The fraction of sp³-hybridized carbons (Fsp3) is 0.275. The Morgan fingerprint density at radius 1 is 0.587 bits per heavy atom. The van der Waals surface area contributed by atoms with Crippen LogP contribution in [0.4, 0.5) is 5.69 Å². The van der Waals surface area contributed by atoms with Crippen LogP contribution in [0.1, 0.15) is 61.1 Å². The Balaban J connectivity index is 0.000000144. The van der Waals surface area contributed by atoms with Gasteiger partial charge in [0.2, 0.25) is 5.91 Å². The number of benzene rings is 4. The molecule has 1 unspecified atom stereocenters. The third kappa shape index (κ3) is 12.4. The van der Waals surface area contributed by atoms with Crippen LogP contribution in [0.25, 0.3) is 32.3 Å². The molecule has 322 valence electrons. The fourth-order valence-electron chi connectivity index (χ4n) is 8.41. The minimum atomic E-state index is -0.476. The second-order valence-electron chi connectivity index (χ2n) is 16.6. The summed E-state index contributed by atoms with van der Waals surface area (Å²) in [6, 6.07) is 33.7. The quantitative estimate of drug-likeness (QED) is 0.0653. The van der Waals surface area contributed by atoms with Gasteiger partial charge in [0.15, 0.2) is 5.96 Å². The van der Waals surface area contributed by atoms with E-state index in [2.05, 4.69) is 37.4 Å². The van der Waals surface area contributed by atoms with Gasteiger partial charge in [-0.15, -0.1) is 0 Å². The number of nitrogens with zero attached hydrogens (tertiary/aromatic N) is 4. The number of rotatable bonds is 11. The molecular weight excluding hydrogens is 787 g/mol. The molecule has 2 fully saturated rings. The summed E-state index contributed by atoms with van der Waals surface area (Å²) >= 11 is 0. The minimum Gasteiger partial charge on any atom is -0.370 e. The van der Waals surface area contributed by atoms with E-state index in [1.54, 1.807) is 24.8 Å². The molecule has 1 amide bonds. The number of guanidine groups is 1. The van der Waals surface area contributed by atoms with Gasteiger partial charge in [0.1, 0.15) is 11.6 Å². The number of Topliss-reactive ketones (excluding diaryl/α,β-unsaturated/α-hetero) is 2. The van der Waals surface area contributed by atoms with Crippen molar-refractivity contribution in [1.82, 2.24) is 15.0 Å². The second kappa shape index (κ2) is 21.3. The predicted octanol–water partition coefficient (Wildman–Crippen LogP) is 7.18. The lowest BCUT2D eigenvalue weighted by Gasteiger charge is -2.16. The van der Waals surface area contributed by atoms with Crippen molar-refractivity contribution in [2.75, 3.05) is 11.9 Å². The number of carbonyl (C=O) groups excluding carboxylic acids is 3. The van der Waals surface area contributed by atoms with Gasteiger partial charge in [-0.05, 0) is 102 Å². The van der Waals surface area contributed by atoms with Gasteiger partial charge >= 0.3 is 0 Å². The molecule has 9 rings (SSSR count). The number of carbonyl (C=O) groups is 3. The molecule has 0 spiro atoms. The lowest BCUT2D eigenvalue weighted by molar-refractivity contribution is -0.122. The highest BCUT2D eigenvalue weighted by Crippen LogP contribution is 2.28. The summed E-state index contributed by atoms with van der Waals surface area (Å²) in [5, 5.41) is 9.48. The van der Waals surface area contributed by atoms with Gasteiger partial charge in [-0.25, -0.2) is 0 Å². The number of nitrogens with two attached hydrogens (primary N) is 4. The first-order valence-corrected chi connectivity index (χ1v) is 21.5. The molecule has 7 aromatic rings. The summed E-state index contributed by atoms with van der Waals surface area (Å²) in [5.41, 5.74) is 26.3. The Labute approximate surface area is 367 Å². The van der Waals surface area contributed by atoms with Gasteiger partial charge < -0.3 is 28.3 Å². The summed E-state index contributed by atoms with van der Waals surface area (Å²) in [6.07, 6.45) is 17.4. The molecule has 2 aliphatic rings. The van der Waals surface area contributed by atoms with E-state index in [-0.39, 0.29) is 42.3 Å². The highest BCUT2D eigenvalue weighted by atomic mass is 16.2. The van der Waals surface area contributed by atoms with Gasteiger partial charge in [0, 0.05) is 95.8 Å². The van der Waals surface area contributed by atoms with Crippen LogP contribution in [0.15, 0.2) is 145 Å². The van der Waals surface area contributed by atoms with Crippen LogP contribution >= 0.6 is 0 Å². The average molecular weight is 842 g/mol. The smallest absolute Gasteiger partial charge is 0.233 e. The topological polar surface area (TPSA) is 218 Å². The number of hydrogen-bond donors (Lipinski definition) is 5. The molecular formula is C51H55N9O3. The molecule has 2 saturated carbocycles. The number of nitrogens with one attached hydrogen (secondary N) is 1. The number of fused-ring (bicyclic) bond motifs is 3. The SMILES string of the molecule is NC(N)=NCC(C(=O)Nc1ccc2cnccc2c1)c1ccccc1.N[C@@H]1CC[C@H](C(=O)Cc2ccc3cnccc3c2)C1.N[C@H]1CC[C@@H](C(=O)Cc2ccc3cnccc3c2)C1. The highest BCUT2D eigenvalue weighted by molar-refractivity contribution is 5.98. The second-order valence-corrected chi connectivity index (χ2v) is 16.6. The number of aliphatic imine (C=N–C) groups is 1. The maximum atomic E-state index is 12.8. The van der Waals surface area contributed by atoms with Crippen LogP contribution in [-0.4, -0.2) is 57.0 Å². The molecule has 9 N–H and O–H groups in total. The number of aromatic nitrogens is 3. The maximum Gasteiger partial charge on any atom is 0.233 e. The Bertz CT molecular complexity index is 2590. The number of anilines is 1. The van der Waals surface area contributed by atoms with Crippen molar-refractivity contribution in [2.45, 2.75) is 69.4 Å². The molecule has 12 nitrogen and oxygen atoms in total. The molecule has 0 radical (unpaired) electrons. The molecule has 4 aromatic carbocycles. The lowest BCUT2D eigenvalue weighted by Crippen LogP contribution is -2.27. The summed E-state index contributed by atoms with van der Waals surface area (Å²) in [5.74, 6) is 0.335. The molecule has 5 atom stereocenters. The first-order valence-electron chi connectivity index (χ1n) is 21.5. The van der Waals surface area contributed by atoms with E-state index in [0.717, 1.165) is 87.5 Å². The van der Waals surface area contributed by atoms with E-state index < -0.39 is 5.92 Å². The Morgan fingerprint density at radius 3 is 1.52 bits per heavy atom. The van der Waals surface area contributed by atoms with Crippen LogP contribution in [-0.2, 0) is 27.2 Å². The van der Waals surface area contributed by atoms with Crippen molar-refractivity contribution < 1.29 is 14.4 Å². The number of ketones is 2. The van der Waals surface area contributed by atoms with E-state index >= 15 is 0 Å². The van der Waals surface area contributed by atoms with Crippen molar-refractivity contribution in [3.63, 3.8) is 0 Å². The van der Waals surface area contributed by atoms with Crippen LogP contribution in [0.2, 0.25) is 0 Å². The molecule has 12 heteroatoms. The fourth-order valence-corrected chi connectivity index (χ4v) is 8.41. The molecule has 0 aliphatic heterocycles. The average Bonchev–Trinajstić information content (AvgIpc) is 3.95. The zero-order valence-corrected chi connectivity index (χ0v) is 35.4. The largest absolute Gasteiger partial charge is 0.370 e. The summed E-state index contributed by atoms with van der Waals surface area (Å²) in [6.45, 7) is 0.190. The Morgan fingerprint density at radius 2 is 1.06 bits per heavy atom. The number of pyridine rings is 3. The van der Waals surface area contributed by atoms with Crippen molar-refractivity contribution >= 4 is 61.4 Å². The van der Waals surface area contributed by atoms with Gasteiger partial charge in [0.05, 0.1) is 12.5 Å². The van der Waals surface area contributed by atoms with E-state index in [4.69, 9.17) is 22.9 Å². The van der Waals surface area contributed by atoms with Crippen molar-refractivity contribution in [2.24, 2.45) is 39.8 Å². The molecule has 3 aromatic heterocycles. The van der Waals surface area contributed by atoms with E-state index in [0.29, 0.717) is 30.1 Å². The third-order valence-corrected chi connectivity index (χ3v) is 11.9. The van der Waals surface area contributed by atoms with Crippen molar-refractivity contribution in [3.05, 3.63) is 157 Å². The standard InChI is InChI=1S/C19H19N5O.2C16H18N2O/c20-19(21)23-12-17(13-4-2-1-3-5-13)18(25)24-16-7-6-15-11-22-9-8-14(15)10-16;2*17-15-4-3-13(9-15)16(19)8-11-1-2-14-10-18-6-5-12(14)7-11/h1-11,17H,12H2,(H,24,25)(H4,20,21,23);2*1-2,5-7,10,13,15H,3-4,8-9,17H2/t;2*13-,15+/m.10/s1. The van der Waals surface area contributed by atoms with E-state index in [9.17, 15) is 14.4 Å². The lowest BCUT2D eigenvalue weighted by atomic mass is 9.95. The van der Waals surface area contributed by atoms with Crippen LogP contribution in [0.5, 0.6) is 0 Å². The zero-order chi connectivity index (χ0) is 44.1. The maximum absolute atomic E-state index is 12.8. The molecule has 2 aliphatic carbocycles. The first kappa shape index (κ1) is 44.2. The summed E-state index contributed by atoms with van der Waals surface area (Å²) < 4.78 is 0. The molecule has 3 heterocycles. The molecule has 0 bridgehead atoms. The first-order chi connectivity index (χ1) is 30.6. The van der Waals surface area contributed by atoms with Gasteiger partial charge in [-0.1, -0.05) is 72.8 Å². The Hall–Kier alpha value is -6.89. The predicted molar refractivity (Wildman–Crippen MR) is 252 cm³/mol. The van der Waals surface area contributed by atoms with Gasteiger partial charge in [-0.3, -0.25) is 34.3 Å². The Kier molecular flexibility index (Phi) is 14.9. The minimum absolute atomic E-state index is 0.0352. The van der Waals surface area contributed by atoms with Gasteiger partial charge in [0.25, 0.3) is 0 Å². The zero-order valence-electron chi connectivity index (χ0n) is 35.4. The summed E-state index contributed by atoms with van der Waals surface area (Å²) in [4.78, 5) is 53.5.